The molecule has 0 unspecified atom stereocenters. The molecule has 1 heterocycles. The van der Waals surface area contributed by atoms with Gasteiger partial charge in [0.2, 0.25) is 0 Å². The van der Waals surface area contributed by atoms with Gasteiger partial charge in [0.1, 0.15) is 10.5 Å². The summed E-state index contributed by atoms with van der Waals surface area (Å²) in [6.45, 7) is 0. The van der Waals surface area contributed by atoms with Crippen molar-refractivity contribution < 1.29 is 17.6 Å². The van der Waals surface area contributed by atoms with Crippen molar-refractivity contribution in [3.05, 3.63) is 52.5 Å². The number of aromatic amines is 1. The first kappa shape index (κ1) is 12.8. The fraction of sp³-hybridized carbons (Fsp3) is 0.0833. The van der Waals surface area contributed by atoms with Crippen molar-refractivity contribution in [3.63, 3.8) is 0 Å². The number of aromatic nitrogens is 1. The quantitative estimate of drug-likeness (QED) is 0.594. The van der Waals surface area contributed by atoms with Crippen LogP contribution >= 0.6 is 12.2 Å². The SMILES string of the molecule is Fc1c[nH]c(=S)c(-c2cccc(C(F)(F)F)c2)c1. The largest absolute Gasteiger partial charge is 0.416 e. The molecule has 0 saturated carbocycles. The van der Waals surface area contributed by atoms with Crippen LogP contribution in [0.15, 0.2) is 36.5 Å². The summed E-state index contributed by atoms with van der Waals surface area (Å²) in [4.78, 5) is 2.48. The minimum atomic E-state index is -4.44. The van der Waals surface area contributed by atoms with Crippen LogP contribution in [0.1, 0.15) is 5.56 Å². The van der Waals surface area contributed by atoms with E-state index in [9.17, 15) is 17.6 Å². The van der Waals surface area contributed by atoms with Crippen LogP contribution in [0.2, 0.25) is 0 Å². The summed E-state index contributed by atoms with van der Waals surface area (Å²) >= 11 is 4.93. The fourth-order valence-corrected chi connectivity index (χ4v) is 1.77. The summed E-state index contributed by atoms with van der Waals surface area (Å²) in [5, 5.41) is 0. The van der Waals surface area contributed by atoms with Gasteiger partial charge in [0.15, 0.2) is 0 Å². The Morgan fingerprint density at radius 1 is 1.11 bits per heavy atom. The maximum Gasteiger partial charge on any atom is 0.416 e. The standard InChI is InChI=1S/C12H7F4NS/c13-9-5-10(11(18)17-6-9)7-2-1-3-8(4-7)12(14,15)16/h1-6H,(H,17,18). The lowest BCUT2D eigenvalue weighted by molar-refractivity contribution is -0.137. The van der Waals surface area contributed by atoms with Gasteiger partial charge in [0, 0.05) is 11.8 Å². The summed E-state index contributed by atoms with van der Waals surface area (Å²) in [6.07, 6.45) is -3.38. The Kier molecular flexibility index (Phi) is 3.21. The Morgan fingerprint density at radius 2 is 1.83 bits per heavy atom. The Labute approximate surface area is 105 Å². The first-order valence-corrected chi connectivity index (χ1v) is 5.34. The third-order valence-corrected chi connectivity index (χ3v) is 2.71. The Balaban J connectivity index is 2.58. The lowest BCUT2D eigenvalue weighted by Crippen LogP contribution is -2.04. The number of halogens is 4. The van der Waals surface area contributed by atoms with E-state index in [0.717, 1.165) is 24.4 Å². The number of H-pyrrole nitrogens is 1. The molecule has 0 amide bonds. The molecule has 0 radical (unpaired) electrons. The molecule has 0 aliphatic heterocycles. The molecule has 0 saturated heterocycles. The summed E-state index contributed by atoms with van der Waals surface area (Å²) in [7, 11) is 0. The van der Waals surface area contributed by atoms with E-state index in [1.54, 1.807) is 0 Å². The molecule has 94 valence electrons. The van der Waals surface area contributed by atoms with Gasteiger partial charge in [0.05, 0.1) is 5.56 Å². The van der Waals surface area contributed by atoms with Crippen molar-refractivity contribution in [2.45, 2.75) is 6.18 Å². The first-order chi connectivity index (χ1) is 8.38. The zero-order valence-corrected chi connectivity index (χ0v) is 9.70. The Bertz CT molecular complexity index is 630. The van der Waals surface area contributed by atoms with E-state index in [4.69, 9.17) is 12.2 Å². The van der Waals surface area contributed by atoms with Gasteiger partial charge in [-0.1, -0.05) is 24.4 Å². The molecule has 0 bridgehead atoms. The minimum absolute atomic E-state index is 0.190. The van der Waals surface area contributed by atoms with Crippen LogP contribution in [0.25, 0.3) is 11.1 Å². The lowest BCUT2D eigenvalue weighted by Gasteiger charge is -2.09. The number of rotatable bonds is 1. The molecule has 18 heavy (non-hydrogen) atoms. The molecule has 0 spiro atoms. The topological polar surface area (TPSA) is 15.8 Å². The summed E-state index contributed by atoms with van der Waals surface area (Å²) in [5.74, 6) is -0.587. The van der Waals surface area contributed by atoms with E-state index >= 15 is 0 Å². The van der Waals surface area contributed by atoms with Crippen LogP contribution in [-0.2, 0) is 6.18 Å². The second kappa shape index (κ2) is 4.53. The van der Waals surface area contributed by atoms with E-state index in [1.165, 1.54) is 12.1 Å². The molecular weight excluding hydrogens is 266 g/mol. The van der Waals surface area contributed by atoms with Gasteiger partial charge in [-0.2, -0.15) is 13.2 Å². The van der Waals surface area contributed by atoms with Crippen LogP contribution in [0.4, 0.5) is 17.6 Å². The molecule has 2 rings (SSSR count). The third kappa shape index (κ3) is 2.59. The normalized spacial score (nSPS) is 11.6. The van der Waals surface area contributed by atoms with E-state index < -0.39 is 17.6 Å². The maximum atomic E-state index is 13.1. The molecule has 1 aromatic carbocycles. The third-order valence-electron chi connectivity index (χ3n) is 2.37. The molecule has 0 atom stereocenters. The molecular formula is C12H7F4NS. The van der Waals surface area contributed by atoms with Gasteiger partial charge >= 0.3 is 6.18 Å². The molecule has 2 aromatic rings. The molecule has 6 heteroatoms. The van der Waals surface area contributed by atoms with E-state index in [2.05, 4.69) is 4.98 Å². The fourth-order valence-electron chi connectivity index (χ4n) is 1.53. The highest BCUT2D eigenvalue weighted by Gasteiger charge is 2.30. The highest BCUT2D eigenvalue weighted by atomic mass is 32.1. The van der Waals surface area contributed by atoms with E-state index in [0.29, 0.717) is 0 Å². The van der Waals surface area contributed by atoms with Gasteiger partial charge in [-0.15, -0.1) is 0 Å². The smallest absolute Gasteiger partial charge is 0.350 e. The molecule has 1 aromatic heterocycles. The van der Waals surface area contributed by atoms with Gasteiger partial charge in [0.25, 0.3) is 0 Å². The number of benzene rings is 1. The summed E-state index contributed by atoms with van der Waals surface area (Å²) < 4.78 is 50.9. The average molecular weight is 273 g/mol. The zero-order valence-electron chi connectivity index (χ0n) is 8.88. The predicted octanol–water partition coefficient (Wildman–Crippen LogP) is 4.57. The van der Waals surface area contributed by atoms with Crippen molar-refractivity contribution in [1.29, 1.82) is 0 Å². The lowest BCUT2D eigenvalue weighted by atomic mass is 10.0. The van der Waals surface area contributed by atoms with Crippen molar-refractivity contribution in [2.24, 2.45) is 0 Å². The molecule has 0 aliphatic carbocycles. The summed E-state index contributed by atoms with van der Waals surface area (Å²) in [6, 6.07) is 5.72. The molecule has 0 fully saturated rings. The zero-order chi connectivity index (χ0) is 13.3. The minimum Gasteiger partial charge on any atom is -0.350 e. The monoisotopic (exact) mass is 273 g/mol. The van der Waals surface area contributed by atoms with Crippen LogP contribution in [0.5, 0.6) is 0 Å². The highest BCUT2D eigenvalue weighted by molar-refractivity contribution is 7.71. The van der Waals surface area contributed by atoms with Crippen molar-refractivity contribution in [3.8, 4) is 11.1 Å². The van der Waals surface area contributed by atoms with Crippen LogP contribution < -0.4 is 0 Å². The van der Waals surface area contributed by atoms with Crippen LogP contribution in [0.3, 0.4) is 0 Å². The van der Waals surface area contributed by atoms with Gasteiger partial charge in [-0.05, 0) is 23.8 Å². The first-order valence-electron chi connectivity index (χ1n) is 4.94. The van der Waals surface area contributed by atoms with Crippen LogP contribution in [-0.4, -0.2) is 4.98 Å². The predicted molar refractivity (Wildman–Crippen MR) is 62.0 cm³/mol. The number of alkyl halides is 3. The van der Waals surface area contributed by atoms with Gasteiger partial charge in [-0.3, -0.25) is 0 Å². The van der Waals surface area contributed by atoms with Gasteiger partial charge in [-0.25, -0.2) is 4.39 Å². The van der Waals surface area contributed by atoms with Crippen molar-refractivity contribution in [2.75, 3.05) is 0 Å². The molecule has 1 nitrogen and oxygen atoms in total. The van der Waals surface area contributed by atoms with Crippen molar-refractivity contribution in [1.82, 2.24) is 4.98 Å². The molecule has 1 N–H and O–H groups in total. The number of pyridine rings is 1. The highest BCUT2D eigenvalue weighted by Crippen LogP contribution is 2.32. The number of hydrogen-bond donors (Lipinski definition) is 1. The molecule has 0 aliphatic rings. The number of hydrogen-bond acceptors (Lipinski definition) is 1. The number of nitrogens with one attached hydrogen (secondary N) is 1. The van der Waals surface area contributed by atoms with Crippen molar-refractivity contribution >= 4 is 12.2 Å². The Hall–Kier alpha value is -1.69. The summed E-state index contributed by atoms with van der Waals surface area (Å²) in [5.41, 5.74) is -0.333. The van der Waals surface area contributed by atoms with E-state index in [1.807, 2.05) is 0 Å². The maximum absolute atomic E-state index is 13.1. The second-order valence-electron chi connectivity index (χ2n) is 3.64. The Morgan fingerprint density at radius 3 is 2.50 bits per heavy atom. The van der Waals surface area contributed by atoms with Crippen LogP contribution in [0, 0.1) is 10.5 Å². The second-order valence-corrected chi connectivity index (χ2v) is 4.05. The van der Waals surface area contributed by atoms with Gasteiger partial charge < -0.3 is 4.98 Å². The van der Waals surface area contributed by atoms with E-state index in [-0.39, 0.29) is 15.8 Å². The average Bonchev–Trinajstić information content (AvgIpc) is 2.31.